The van der Waals surface area contributed by atoms with Crippen LogP contribution in [0.25, 0.3) is 0 Å². The second-order valence-corrected chi connectivity index (χ2v) is 10.3. The van der Waals surface area contributed by atoms with Crippen molar-refractivity contribution in [3.05, 3.63) is 34.9 Å². The molecular formula is C18H23ClN2O4S. The smallest absolute Gasteiger partial charge is 0.259 e. The third-order valence-corrected chi connectivity index (χ3v) is 7.53. The Kier molecular flexibility index (Phi) is 4.60. The second kappa shape index (κ2) is 6.23. The molecule has 0 radical (unpaired) electrons. The van der Waals surface area contributed by atoms with Gasteiger partial charge in [0.25, 0.3) is 5.91 Å². The molecule has 1 aliphatic heterocycles. The summed E-state index contributed by atoms with van der Waals surface area (Å²) >= 11 is 5.93. The number of nitrogens with zero attached hydrogens (tertiary/aromatic N) is 1. The average Bonchev–Trinajstić information content (AvgIpc) is 3.35. The Morgan fingerprint density at radius 1 is 1.15 bits per heavy atom. The fraction of sp³-hybridized carbons (Fsp3) is 0.556. The van der Waals surface area contributed by atoms with Crippen LogP contribution < -0.4 is 4.72 Å². The van der Waals surface area contributed by atoms with Crippen LogP contribution in [0.1, 0.15) is 45.6 Å². The summed E-state index contributed by atoms with van der Waals surface area (Å²) in [6.07, 6.45) is 1.87. The lowest BCUT2D eigenvalue weighted by Crippen LogP contribution is -2.69. The zero-order chi connectivity index (χ0) is 19.3. The molecule has 1 aromatic rings. The Balaban J connectivity index is 1.80. The van der Waals surface area contributed by atoms with Crippen LogP contribution in [-0.4, -0.2) is 42.5 Å². The van der Waals surface area contributed by atoms with E-state index in [9.17, 15) is 18.0 Å². The van der Waals surface area contributed by atoms with Crippen molar-refractivity contribution in [1.82, 2.24) is 9.62 Å². The summed E-state index contributed by atoms with van der Waals surface area (Å²) in [5.41, 5.74) is -0.874. The highest BCUT2D eigenvalue weighted by Crippen LogP contribution is 2.52. The average molecular weight is 399 g/mol. The highest BCUT2D eigenvalue weighted by Gasteiger charge is 2.60. The van der Waals surface area contributed by atoms with E-state index in [1.54, 1.807) is 19.1 Å². The normalized spacial score (nSPS) is 24.1. The summed E-state index contributed by atoms with van der Waals surface area (Å²) in [5.74, 6) is -0.761. The van der Waals surface area contributed by atoms with Gasteiger partial charge in [-0.25, -0.2) is 8.42 Å². The lowest BCUT2D eigenvalue weighted by molar-refractivity contribution is -0.158. The summed E-state index contributed by atoms with van der Waals surface area (Å²) in [4.78, 5) is 27.3. The van der Waals surface area contributed by atoms with Crippen molar-refractivity contribution in [2.24, 2.45) is 0 Å². The van der Waals surface area contributed by atoms with Gasteiger partial charge in [0.15, 0.2) is 0 Å². The standard InChI is InChI=1S/C18H23ClN2O4S/c1-12(2)26(24,25)20-15(22)17(3)10-11-21(17)16(23)18(8-9-18)13-4-6-14(19)7-5-13/h4-7,12H,8-11H2,1-3H3,(H,20,22). The van der Waals surface area contributed by atoms with Gasteiger partial charge in [-0.15, -0.1) is 0 Å². The number of carbonyl (C=O) groups excluding carboxylic acids is 2. The van der Waals surface area contributed by atoms with Crippen molar-refractivity contribution in [1.29, 1.82) is 0 Å². The zero-order valence-electron chi connectivity index (χ0n) is 15.1. The molecule has 1 aromatic carbocycles. The van der Waals surface area contributed by atoms with Gasteiger partial charge in [-0.3, -0.25) is 14.3 Å². The third-order valence-electron chi connectivity index (χ3n) is 5.56. The molecule has 1 saturated carbocycles. The van der Waals surface area contributed by atoms with Gasteiger partial charge >= 0.3 is 0 Å². The van der Waals surface area contributed by atoms with E-state index in [1.165, 1.54) is 18.7 Å². The number of nitrogens with one attached hydrogen (secondary N) is 1. The molecule has 1 aliphatic carbocycles. The third kappa shape index (κ3) is 3.01. The highest BCUT2D eigenvalue weighted by atomic mass is 35.5. The molecule has 6 nitrogen and oxygen atoms in total. The molecule has 2 fully saturated rings. The highest BCUT2D eigenvalue weighted by molar-refractivity contribution is 7.90. The van der Waals surface area contributed by atoms with E-state index < -0.39 is 32.1 Å². The van der Waals surface area contributed by atoms with E-state index >= 15 is 0 Å². The first kappa shape index (κ1) is 19.2. The van der Waals surface area contributed by atoms with Gasteiger partial charge in [0.05, 0.1) is 10.7 Å². The topological polar surface area (TPSA) is 83.6 Å². The first-order valence-electron chi connectivity index (χ1n) is 8.67. The van der Waals surface area contributed by atoms with Crippen LogP contribution >= 0.6 is 11.6 Å². The number of likely N-dealkylation sites (tertiary alicyclic amines) is 1. The summed E-state index contributed by atoms with van der Waals surface area (Å²) in [5, 5.41) is -0.118. The number of hydrogen-bond acceptors (Lipinski definition) is 4. The van der Waals surface area contributed by atoms with Crippen LogP contribution in [0, 0.1) is 0 Å². The quantitative estimate of drug-likeness (QED) is 0.824. The van der Waals surface area contributed by atoms with Gasteiger partial charge in [-0.05, 0) is 57.7 Å². The Morgan fingerprint density at radius 2 is 1.73 bits per heavy atom. The number of carbonyl (C=O) groups is 2. The molecule has 1 atom stereocenters. The minimum atomic E-state index is -3.73. The van der Waals surface area contributed by atoms with Crippen LogP contribution in [0.15, 0.2) is 24.3 Å². The van der Waals surface area contributed by atoms with Crippen LogP contribution in [0.5, 0.6) is 0 Å². The molecule has 26 heavy (non-hydrogen) atoms. The molecule has 2 amide bonds. The molecule has 1 unspecified atom stereocenters. The van der Waals surface area contributed by atoms with Crippen molar-refractivity contribution >= 4 is 33.4 Å². The molecule has 2 aliphatic rings. The molecular weight excluding hydrogens is 376 g/mol. The second-order valence-electron chi connectivity index (χ2n) is 7.59. The fourth-order valence-electron chi connectivity index (χ4n) is 3.26. The van der Waals surface area contributed by atoms with E-state index in [1.807, 2.05) is 12.1 Å². The van der Waals surface area contributed by atoms with Gasteiger partial charge in [-0.2, -0.15) is 0 Å². The summed E-state index contributed by atoms with van der Waals surface area (Å²) in [6.45, 7) is 5.07. The van der Waals surface area contributed by atoms with Gasteiger partial charge in [0, 0.05) is 11.6 Å². The molecule has 0 spiro atoms. The number of hydrogen-bond donors (Lipinski definition) is 1. The minimum absolute atomic E-state index is 0.120. The predicted octanol–water partition coefficient (Wildman–Crippen LogP) is 2.22. The first-order chi connectivity index (χ1) is 12.0. The van der Waals surface area contributed by atoms with E-state index in [0.29, 0.717) is 30.8 Å². The Labute approximate surface area is 158 Å². The zero-order valence-corrected chi connectivity index (χ0v) is 16.7. The van der Waals surface area contributed by atoms with Gasteiger partial charge in [-0.1, -0.05) is 23.7 Å². The van der Waals surface area contributed by atoms with Crippen molar-refractivity contribution in [2.75, 3.05) is 6.54 Å². The van der Waals surface area contributed by atoms with Crippen LogP contribution in [0.4, 0.5) is 0 Å². The maximum absolute atomic E-state index is 13.2. The lowest BCUT2D eigenvalue weighted by atomic mass is 9.82. The van der Waals surface area contributed by atoms with Crippen molar-refractivity contribution in [3.63, 3.8) is 0 Å². The molecule has 3 rings (SSSR count). The monoisotopic (exact) mass is 398 g/mol. The molecule has 142 valence electrons. The predicted molar refractivity (Wildman–Crippen MR) is 99.3 cm³/mol. The van der Waals surface area contributed by atoms with Gasteiger partial charge < -0.3 is 4.90 Å². The molecule has 8 heteroatoms. The molecule has 1 N–H and O–H groups in total. The number of amides is 2. The largest absolute Gasteiger partial charge is 0.327 e. The van der Waals surface area contributed by atoms with Crippen molar-refractivity contribution < 1.29 is 18.0 Å². The molecule has 0 aromatic heterocycles. The first-order valence-corrected chi connectivity index (χ1v) is 10.6. The number of sulfonamides is 1. The van der Waals surface area contributed by atoms with Crippen LogP contribution in [-0.2, 0) is 25.0 Å². The van der Waals surface area contributed by atoms with Gasteiger partial charge in [0.1, 0.15) is 5.54 Å². The van der Waals surface area contributed by atoms with Crippen molar-refractivity contribution in [2.45, 2.75) is 56.2 Å². The maximum atomic E-state index is 13.2. The van der Waals surface area contributed by atoms with Crippen LogP contribution in [0.2, 0.25) is 5.02 Å². The Bertz CT molecular complexity index is 846. The van der Waals surface area contributed by atoms with E-state index in [-0.39, 0.29) is 5.91 Å². The van der Waals surface area contributed by atoms with E-state index in [2.05, 4.69) is 4.72 Å². The fourth-order valence-corrected chi connectivity index (χ4v) is 4.10. The SMILES string of the molecule is CC(C)S(=O)(=O)NC(=O)C1(C)CCN1C(=O)C1(c2ccc(Cl)cc2)CC1. The summed E-state index contributed by atoms with van der Waals surface area (Å²) < 4.78 is 26.2. The van der Waals surface area contributed by atoms with Crippen LogP contribution in [0.3, 0.4) is 0 Å². The van der Waals surface area contributed by atoms with Crippen molar-refractivity contribution in [3.8, 4) is 0 Å². The minimum Gasteiger partial charge on any atom is -0.327 e. The maximum Gasteiger partial charge on any atom is 0.259 e. The Morgan fingerprint density at radius 3 is 2.15 bits per heavy atom. The summed E-state index contributed by atoms with van der Waals surface area (Å²) in [6, 6.07) is 7.18. The lowest BCUT2D eigenvalue weighted by Gasteiger charge is -2.50. The van der Waals surface area contributed by atoms with E-state index in [0.717, 1.165) is 5.56 Å². The molecule has 1 saturated heterocycles. The molecule has 0 bridgehead atoms. The Hall–Kier alpha value is -1.60. The number of rotatable bonds is 5. The van der Waals surface area contributed by atoms with E-state index in [4.69, 9.17) is 11.6 Å². The molecule has 1 heterocycles. The van der Waals surface area contributed by atoms with Gasteiger partial charge in [0.2, 0.25) is 15.9 Å². The number of halogens is 1. The number of benzene rings is 1. The summed E-state index contributed by atoms with van der Waals surface area (Å²) in [7, 11) is -3.73.